The van der Waals surface area contributed by atoms with E-state index in [1.165, 1.54) is 5.56 Å². The van der Waals surface area contributed by atoms with Crippen molar-refractivity contribution in [3.63, 3.8) is 0 Å². The maximum Gasteiger partial charge on any atom is 0.234 e. The number of halogens is 3. The Labute approximate surface area is 206 Å². The Hall–Kier alpha value is -2.25. The SMILES string of the molecule is Cl.Cl.O=C(CN1CCN(c2nccn2-c2cccc(Cl)c2)CC1)NCCc1ccccc1. The van der Waals surface area contributed by atoms with Crippen LogP contribution < -0.4 is 10.2 Å². The van der Waals surface area contributed by atoms with E-state index >= 15 is 0 Å². The summed E-state index contributed by atoms with van der Waals surface area (Å²) >= 11 is 6.15. The molecule has 0 radical (unpaired) electrons. The summed E-state index contributed by atoms with van der Waals surface area (Å²) in [4.78, 5) is 21.3. The molecule has 2 aromatic carbocycles. The predicted octanol–water partition coefficient (Wildman–Crippen LogP) is 3.85. The Kier molecular flexibility index (Phi) is 10.3. The zero-order valence-corrected chi connectivity index (χ0v) is 20.1. The van der Waals surface area contributed by atoms with Crippen LogP contribution in [0.15, 0.2) is 67.0 Å². The van der Waals surface area contributed by atoms with Crippen LogP contribution in [-0.2, 0) is 11.2 Å². The van der Waals surface area contributed by atoms with Crippen LogP contribution in [0, 0.1) is 0 Å². The molecule has 3 aromatic rings. The highest BCUT2D eigenvalue weighted by Crippen LogP contribution is 2.22. The number of nitrogens with one attached hydrogen (secondary N) is 1. The first kappa shape index (κ1) is 26.0. The van der Waals surface area contributed by atoms with Gasteiger partial charge in [0.25, 0.3) is 0 Å². The van der Waals surface area contributed by atoms with E-state index in [4.69, 9.17) is 11.6 Å². The lowest BCUT2D eigenvalue weighted by molar-refractivity contribution is -0.122. The molecule has 0 unspecified atom stereocenters. The van der Waals surface area contributed by atoms with Crippen LogP contribution in [0.5, 0.6) is 0 Å². The minimum absolute atomic E-state index is 0. The molecule has 0 saturated carbocycles. The zero-order chi connectivity index (χ0) is 20.8. The summed E-state index contributed by atoms with van der Waals surface area (Å²) < 4.78 is 2.05. The van der Waals surface area contributed by atoms with E-state index in [9.17, 15) is 4.79 Å². The van der Waals surface area contributed by atoms with Crippen LogP contribution in [0.4, 0.5) is 5.95 Å². The molecule has 1 saturated heterocycles. The van der Waals surface area contributed by atoms with E-state index in [1.807, 2.05) is 54.9 Å². The van der Waals surface area contributed by atoms with Gasteiger partial charge < -0.3 is 10.2 Å². The average Bonchev–Trinajstić information content (AvgIpc) is 3.25. The van der Waals surface area contributed by atoms with Crippen molar-refractivity contribution in [3.8, 4) is 5.69 Å². The van der Waals surface area contributed by atoms with Gasteiger partial charge in [-0.2, -0.15) is 0 Å². The topological polar surface area (TPSA) is 53.4 Å². The second-order valence-electron chi connectivity index (χ2n) is 7.43. The Balaban J connectivity index is 0.00000181. The lowest BCUT2D eigenvalue weighted by Gasteiger charge is -2.35. The van der Waals surface area contributed by atoms with Crippen molar-refractivity contribution in [3.05, 3.63) is 77.6 Å². The number of benzene rings is 2. The number of rotatable bonds is 7. The fourth-order valence-corrected chi connectivity index (χ4v) is 3.90. The molecule has 0 spiro atoms. The minimum Gasteiger partial charge on any atom is -0.355 e. The fourth-order valence-electron chi connectivity index (χ4n) is 3.71. The number of piperazine rings is 1. The molecule has 9 heteroatoms. The van der Waals surface area contributed by atoms with E-state index in [1.54, 1.807) is 0 Å². The van der Waals surface area contributed by atoms with Crippen LogP contribution in [-0.4, -0.2) is 59.6 Å². The van der Waals surface area contributed by atoms with Crippen LogP contribution in [0.25, 0.3) is 5.69 Å². The third kappa shape index (κ3) is 6.87. The normalized spacial score (nSPS) is 13.7. The molecular formula is C23H28Cl3N5O. The maximum absolute atomic E-state index is 12.3. The first-order valence-electron chi connectivity index (χ1n) is 10.3. The first-order chi connectivity index (χ1) is 14.7. The average molecular weight is 497 g/mol. The lowest BCUT2D eigenvalue weighted by Crippen LogP contribution is -2.50. The third-order valence-corrected chi connectivity index (χ3v) is 5.54. The van der Waals surface area contributed by atoms with Crippen molar-refractivity contribution >= 4 is 48.3 Å². The van der Waals surface area contributed by atoms with Crippen molar-refractivity contribution in [2.24, 2.45) is 0 Å². The second-order valence-corrected chi connectivity index (χ2v) is 7.86. The summed E-state index contributed by atoms with van der Waals surface area (Å²) in [5.41, 5.74) is 2.23. The Morgan fingerprint density at radius 2 is 1.75 bits per heavy atom. The monoisotopic (exact) mass is 495 g/mol. The summed E-state index contributed by atoms with van der Waals surface area (Å²) in [6.45, 7) is 4.41. The molecule has 32 heavy (non-hydrogen) atoms. The molecular weight excluding hydrogens is 469 g/mol. The molecule has 6 nitrogen and oxygen atoms in total. The minimum atomic E-state index is 0. The molecule has 0 bridgehead atoms. The maximum atomic E-state index is 12.3. The highest BCUT2D eigenvalue weighted by Gasteiger charge is 2.22. The van der Waals surface area contributed by atoms with Gasteiger partial charge in [0.2, 0.25) is 11.9 Å². The number of carbonyl (C=O) groups excluding carboxylic acids is 1. The molecule has 1 aromatic heterocycles. The highest BCUT2D eigenvalue weighted by atomic mass is 35.5. The van der Waals surface area contributed by atoms with Gasteiger partial charge in [0, 0.05) is 55.8 Å². The zero-order valence-electron chi connectivity index (χ0n) is 17.7. The Bertz CT molecular complexity index is 975. The smallest absolute Gasteiger partial charge is 0.234 e. The molecule has 4 rings (SSSR count). The van der Waals surface area contributed by atoms with Crippen molar-refractivity contribution in [2.75, 3.05) is 44.2 Å². The number of aromatic nitrogens is 2. The third-order valence-electron chi connectivity index (χ3n) is 5.31. The number of carbonyl (C=O) groups is 1. The Morgan fingerprint density at radius 1 is 1.00 bits per heavy atom. The first-order valence-corrected chi connectivity index (χ1v) is 10.6. The van der Waals surface area contributed by atoms with Crippen LogP contribution in [0.2, 0.25) is 5.02 Å². The molecule has 1 aliphatic heterocycles. The van der Waals surface area contributed by atoms with Crippen molar-refractivity contribution in [2.45, 2.75) is 6.42 Å². The van der Waals surface area contributed by atoms with Crippen LogP contribution in [0.1, 0.15) is 5.56 Å². The van der Waals surface area contributed by atoms with Gasteiger partial charge in [-0.05, 0) is 30.2 Å². The molecule has 1 N–H and O–H groups in total. The summed E-state index contributed by atoms with van der Waals surface area (Å²) in [5.74, 6) is 0.990. The van der Waals surface area contributed by atoms with Gasteiger partial charge in [-0.1, -0.05) is 48.0 Å². The van der Waals surface area contributed by atoms with E-state index in [0.717, 1.165) is 44.2 Å². The number of anilines is 1. The van der Waals surface area contributed by atoms with Gasteiger partial charge >= 0.3 is 0 Å². The largest absolute Gasteiger partial charge is 0.355 e. The van der Waals surface area contributed by atoms with Crippen molar-refractivity contribution < 1.29 is 4.79 Å². The predicted molar refractivity (Wildman–Crippen MR) is 135 cm³/mol. The standard InChI is InChI=1S/C23H26ClN5O.2ClH/c24-20-7-4-8-21(17-20)29-12-11-26-23(29)28-15-13-27(14-16-28)18-22(30)25-10-9-19-5-2-1-3-6-19;;/h1-8,11-12,17H,9-10,13-16,18H2,(H,25,30);2*1H. The van der Waals surface area contributed by atoms with E-state index in [-0.39, 0.29) is 30.7 Å². The van der Waals surface area contributed by atoms with Gasteiger partial charge in [-0.25, -0.2) is 4.98 Å². The van der Waals surface area contributed by atoms with Crippen molar-refractivity contribution in [1.29, 1.82) is 0 Å². The summed E-state index contributed by atoms with van der Waals surface area (Å²) in [5, 5.41) is 3.73. The molecule has 2 heterocycles. The number of hydrogen-bond donors (Lipinski definition) is 1. The molecule has 0 atom stereocenters. The van der Waals surface area contributed by atoms with Gasteiger partial charge in [-0.3, -0.25) is 14.3 Å². The van der Waals surface area contributed by atoms with Gasteiger partial charge in [0.05, 0.1) is 6.54 Å². The van der Waals surface area contributed by atoms with Gasteiger partial charge in [0.15, 0.2) is 0 Å². The van der Waals surface area contributed by atoms with Crippen LogP contribution in [0.3, 0.4) is 0 Å². The number of nitrogens with zero attached hydrogens (tertiary/aromatic N) is 4. The second kappa shape index (κ2) is 12.7. The van der Waals surface area contributed by atoms with E-state index in [0.29, 0.717) is 18.1 Å². The summed E-state index contributed by atoms with van der Waals surface area (Å²) in [6, 6.07) is 18.0. The number of imidazole rings is 1. The quantitative estimate of drug-likeness (QED) is 0.540. The summed E-state index contributed by atoms with van der Waals surface area (Å²) in [7, 11) is 0. The molecule has 172 valence electrons. The molecule has 1 amide bonds. The Morgan fingerprint density at radius 3 is 2.47 bits per heavy atom. The molecule has 1 aliphatic rings. The summed E-state index contributed by atoms with van der Waals surface area (Å²) in [6.07, 6.45) is 4.61. The van der Waals surface area contributed by atoms with Crippen molar-refractivity contribution in [1.82, 2.24) is 19.8 Å². The fraction of sp³-hybridized carbons (Fsp3) is 0.304. The lowest BCUT2D eigenvalue weighted by atomic mass is 10.1. The van der Waals surface area contributed by atoms with E-state index < -0.39 is 0 Å². The van der Waals surface area contributed by atoms with E-state index in [2.05, 4.69) is 36.8 Å². The highest BCUT2D eigenvalue weighted by molar-refractivity contribution is 6.30. The molecule has 1 fully saturated rings. The molecule has 0 aliphatic carbocycles. The number of hydrogen-bond acceptors (Lipinski definition) is 4. The van der Waals surface area contributed by atoms with Crippen LogP contribution >= 0.6 is 36.4 Å². The van der Waals surface area contributed by atoms with Gasteiger partial charge in [0.1, 0.15) is 0 Å². The van der Waals surface area contributed by atoms with Gasteiger partial charge in [-0.15, -0.1) is 24.8 Å². The number of amides is 1.